The molecular weight excluding hydrogens is 259 g/mol. The van der Waals surface area contributed by atoms with Crippen LogP contribution in [-0.4, -0.2) is 41.6 Å². The van der Waals surface area contributed by atoms with Crippen molar-refractivity contribution in [1.82, 2.24) is 4.90 Å². The number of benzene rings is 1. The van der Waals surface area contributed by atoms with Crippen LogP contribution in [-0.2, 0) is 4.79 Å². The van der Waals surface area contributed by atoms with Gasteiger partial charge in [0.25, 0.3) is 0 Å². The summed E-state index contributed by atoms with van der Waals surface area (Å²) < 4.78 is 14.3. The van der Waals surface area contributed by atoms with E-state index in [-0.39, 0.29) is 5.91 Å². The van der Waals surface area contributed by atoms with Gasteiger partial charge in [0.05, 0.1) is 11.8 Å². The van der Waals surface area contributed by atoms with Crippen LogP contribution in [0.25, 0.3) is 0 Å². The molecule has 1 atom stereocenters. The smallest absolute Gasteiger partial charge is 0.247 e. The van der Waals surface area contributed by atoms with E-state index in [2.05, 4.69) is 0 Å². The van der Waals surface area contributed by atoms with Gasteiger partial charge in [-0.2, -0.15) is 0 Å². The van der Waals surface area contributed by atoms with Gasteiger partial charge in [-0.3, -0.25) is 4.79 Å². The minimum absolute atomic E-state index is 0.0523. The predicted molar refractivity (Wildman–Crippen MR) is 76.1 cm³/mol. The van der Waals surface area contributed by atoms with E-state index in [0.717, 1.165) is 0 Å². The molecule has 1 aliphatic rings. The number of aliphatic hydroxyl groups is 1. The zero-order valence-electron chi connectivity index (χ0n) is 12.4. The molecule has 1 aromatic carbocycles. The van der Waals surface area contributed by atoms with Crippen molar-refractivity contribution in [3.63, 3.8) is 0 Å². The van der Waals surface area contributed by atoms with Crippen molar-refractivity contribution < 1.29 is 14.3 Å². The number of amides is 1. The predicted octanol–water partition coefficient (Wildman–Crippen LogP) is 1.94. The van der Waals surface area contributed by atoms with E-state index < -0.39 is 17.5 Å². The van der Waals surface area contributed by atoms with Gasteiger partial charge in [0.2, 0.25) is 5.91 Å². The van der Waals surface area contributed by atoms with Crippen LogP contribution in [0.1, 0.15) is 32.4 Å². The van der Waals surface area contributed by atoms with E-state index >= 15 is 0 Å². The van der Waals surface area contributed by atoms with Gasteiger partial charge in [-0.15, -0.1) is 0 Å². The average molecular weight is 280 g/mol. The van der Waals surface area contributed by atoms with Gasteiger partial charge in [0, 0.05) is 25.7 Å². The third-order valence-electron chi connectivity index (χ3n) is 3.94. The lowest BCUT2D eigenvalue weighted by molar-refractivity contribution is -0.136. The fourth-order valence-electron chi connectivity index (χ4n) is 2.76. The molecule has 1 aromatic rings. The number of piperazine rings is 1. The molecule has 1 fully saturated rings. The Morgan fingerprint density at radius 2 is 2.00 bits per heavy atom. The van der Waals surface area contributed by atoms with E-state index in [0.29, 0.717) is 24.3 Å². The van der Waals surface area contributed by atoms with Gasteiger partial charge in [-0.1, -0.05) is 12.1 Å². The van der Waals surface area contributed by atoms with Crippen LogP contribution in [0.15, 0.2) is 18.2 Å². The first-order valence-electron chi connectivity index (χ1n) is 6.76. The molecule has 110 valence electrons. The summed E-state index contributed by atoms with van der Waals surface area (Å²) in [4.78, 5) is 15.7. The van der Waals surface area contributed by atoms with Gasteiger partial charge in [0.1, 0.15) is 11.4 Å². The monoisotopic (exact) mass is 280 g/mol. The third-order valence-corrected chi connectivity index (χ3v) is 3.94. The highest BCUT2D eigenvalue weighted by Crippen LogP contribution is 2.35. The highest BCUT2D eigenvalue weighted by Gasteiger charge is 2.42. The van der Waals surface area contributed by atoms with E-state index in [1.165, 1.54) is 6.07 Å². The summed E-state index contributed by atoms with van der Waals surface area (Å²) >= 11 is 0. The Morgan fingerprint density at radius 1 is 1.35 bits per heavy atom. The molecule has 0 aromatic heterocycles. The Labute approximate surface area is 118 Å². The van der Waals surface area contributed by atoms with Crippen LogP contribution in [0.4, 0.5) is 10.1 Å². The minimum Gasteiger partial charge on any atom is -0.389 e. The van der Waals surface area contributed by atoms with Crippen molar-refractivity contribution in [3.8, 4) is 0 Å². The Bertz CT molecular complexity index is 529. The number of aliphatic hydroxyl groups excluding tert-OH is 1. The molecule has 4 nitrogen and oxygen atoms in total. The second-order valence-corrected chi connectivity index (χ2v) is 5.79. The topological polar surface area (TPSA) is 43.8 Å². The average Bonchev–Trinajstić information content (AvgIpc) is 2.37. The molecule has 1 aliphatic heterocycles. The molecule has 1 amide bonds. The maximum atomic E-state index is 14.3. The van der Waals surface area contributed by atoms with Crippen molar-refractivity contribution in [2.45, 2.75) is 32.4 Å². The molecule has 5 heteroatoms. The van der Waals surface area contributed by atoms with Crippen LogP contribution >= 0.6 is 0 Å². The molecule has 0 bridgehead atoms. The number of para-hydroxylation sites is 1. The van der Waals surface area contributed by atoms with Gasteiger partial charge >= 0.3 is 0 Å². The number of anilines is 1. The Hall–Kier alpha value is -1.62. The normalized spacial score (nSPS) is 20.2. The summed E-state index contributed by atoms with van der Waals surface area (Å²) in [7, 11) is 1.75. The zero-order valence-corrected chi connectivity index (χ0v) is 12.4. The quantitative estimate of drug-likeness (QED) is 0.900. The van der Waals surface area contributed by atoms with Crippen molar-refractivity contribution in [2.24, 2.45) is 0 Å². The van der Waals surface area contributed by atoms with E-state index in [1.54, 1.807) is 49.8 Å². The number of carbonyl (C=O) groups is 1. The first-order valence-corrected chi connectivity index (χ1v) is 6.76. The summed E-state index contributed by atoms with van der Waals surface area (Å²) in [6.07, 6.45) is -0.786. The first-order chi connectivity index (χ1) is 9.26. The van der Waals surface area contributed by atoms with Crippen molar-refractivity contribution in [2.75, 3.05) is 25.0 Å². The van der Waals surface area contributed by atoms with Crippen molar-refractivity contribution >= 4 is 11.6 Å². The lowest BCUT2D eigenvalue weighted by Gasteiger charge is -2.47. The summed E-state index contributed by atoms with van der Waals surface area (Å²) in [5.74, 6) is -0.461. The van der Waals surface area contributed by atoms with E-state index in [9.17, 15) is 14.3 Å². The number of likely N-dealkylation sites (N-methyl/N-ethyl adjacent to an activating group) is 1. The van der Waals surface area contributed by atoms with Gasteiger partial charge in [-0.25, -0.2) is 4.39 Å². The summed E-state index contributed by atoms with van der Waals surface area (Å²) in [5, 5.41) is 9.86. The number of hydrogen-bond acceptors (Lipinski definition) is 3. The summed E-state index contributed by atoms with van der Waals surface area (Å²) in [5.41, 5.74) is 0.00290. The maximum Gasteiger partial charge on any atom is 0.247 e. The summed E-state index contributed by atoms with van der Waals surface area (Å²) in [6, 6.07) is 4.63. The molecule has 0 saturated carbocycles. The molecule has 20 heavy (non-hydrogen) atoms. The van der Waals surface area contributed by atoms with Gasteiger partial charge < -0.3 is 14.9 Å². The lowest BCUT2D eigenvalue weighted by atomic mass is 9.94. The third kappa shape index (κ3) is 2.26. The molecule has 0 aliphatic carbocycles. The van der Waals surface area contributed by atoms with E-state index in [1.807, 2.05) is 0 Å². The van der Waals surface area contributed by atoms with Gasteiger partial charge in [0.15, 0.2) is 0 Å². The van der Waals surface area contributed by atoms with Crippen LogP contribution in [0.3, 0.4) is 0 Å². The van der Waals surface area contributed by atoms with Crippen LogP contribution in [0, 0.1) is 5.82 Å². The van der Waals surface area contributed by atoms with Crippen molar-refractivity contribution in [3.05, 3.63) is 29.6 Å². The van der Waals surface area contributed by atoms with Crippen LogP contribution in [0.5, 0.6) is 0 Å². The number of carbonyl (C=O) groups excluding carboxylic acids is 1. The fraction of sp³-hybridized carbons (Fsp3) is 0.533. The number of halogens is 1. The summed E-state index contributed by atoms with van der Waals surface area (Å²) in [6.45, 7) is 6.24. The Kier molecular flexibility index (Phi) is 3.73. The minimum atomic E-state index is -0.834. The second-order valence-electron chi connectivity index (χ2n) is 5.79. The number of nitrogens with zero attached hydrogens (tertiary/aromatic N) is 2. The van der Waals surface area contributed by atoms with Crippen molar-refractivity contribution in [1.29, 1.82) is 0 Å². The SMILES string of the molecule is C[C@H](O)c1cccc(F)c1N1CCN(C)C(=O)C1(C)C. The maximum absolute atomic E-state index is 14.3. The Balaban J connectivity index is 2.54. The highest BCUT2D eigenvalue weighted by atomic mass is 19.1. The van der Waals surface area contributed by atoms with Crippen LogP contribution < -0.4 is 4.90 Å². The highest BCUT2D eigenvalue weighted by molar-refractivity contribution is 5.90. The molecule has 0 radical (unpaired) electrons. The lowest BCUT2D eigenvalue weighted by Crippen LogP contribution is -2.62. The second kappa shape index (κ2) is 5.05. The molecule has 0 spiro atoms. The molecule has 1 heterocycles. The van der Waals surface area contributed by atoms with E-state index in [4.69, 9.17) is 0 Å². The largest absolute Gasteiger partial charge is 0.389 e. The fourth-order valence-corrected chi connectivity index (χ4v) is 2.76. The molecular formula is C15H21FN2O2. The zero-order chi connectivity index (χ0) is 15.1. The number of rotatable bonds is 2. The molecule has 1 N–H and O–H groups in total. The van der Waals surface area contributed by atoms with Crippen LogP contribution in [0.2, 0.25) is 0 Å². The molecule has 1 saturated heterocycles. The number of hydrogen-bond donors (Lipinski definition) is 1. The molecule has 0 unspecified atom stereocenters. The first kappa shape index (κ1) is 14.8. The Morgan fingerprint density at radius 3 is 2.60 bits per heavy atom. The molecule has 2 rings (SSSR count). The van der Waals surface area contributed by atoms with Gasteiger partial charge in [-0.05, 0) is 26.8 Å². The standard InChI is InChI=1S/C15H21FN2O2/c1-10(19)11-6-5-7-12(16)13(11)18-9-8-17(4)14(20)15(18,2)3/h5-7,10,19H,8-9H2,1-4H3/t10-/m0/s1.